The Bertz CT molecular complexity index is 1180. The number of methoxy groups -OCH3 is 1. The van der Waals surface area contributed by atoms with Crippen LogP contribution in [0.1, 0.15) is 34.1 Å². The van der Waals surface area contributed by atoms with Crippen LogP contribution in [0, 0.1) is 0 Å². The van der Waals surface area contributed by atoms with E-state index in [1.165, 1.54) is 16.8 Å². The summed E-state index contributed by atoms with van der Waals surface area (Å²) in [6.45, 7) is -0.477. The number of ether oxygens (including phenoxy) is 2. The molecular formula is C24H21ClN2O5S. The van der Waals surface area contributed by atoms with E-state index >= 15 is 0 Å². The normalized spacial score (nSPS) is 15.3. The Morgan fingerprint density at radius 2 is 2.00 bits per heavy atom. The van der Waals surface area contributed by atoms with Crippen molar-refractivity contribution in [3.05, 3.63) is 82.8 Å². The number of esters is 1. The fourth-order valence-electron chi connectivity index (χ4n) is 3.46. The maximum absolute atomic E-state index is 13.0. The largest absolute Gasteiger partial charge is 0.497 e. The van der Waals surface area contributed by atoms with Crippen molar-refractivity contribution in [2.45, 2.75) is 17.4 Å². The number of thioether (sulfide) groups is 1. The molecule has 1 amide bonds. The number of rotatable bonds is 7. The summed E-state index contributed by atoms with van der Waals surface area (Å²) in [4.78, 5) is 26.4. The highest BCUT2D eigenvalue weighted by molar-refractivity contribution is 7.98. The molecule has 1 unspecified atom stereocenters. The lowest BCUT2D eigenvalue weighted by molar-refractivity contribution is -0.136. The third-order valence-electron chi connectivity index (χ3n) is 5.18. The minimum atomic E-state index is -0.669. The van der Waals surface area contributed by atoms with Crippen molar-refractivity contribution in [1.29, 1.82) is 0 Å². The molecule has 1 aromatic heterocycles. The topological polar surface area (TPSA) is 81.3 Å². The average molecular weight is 485 g/mol. The van der Waals surface area contributed by atoms with Crippen molar-refractivity contribution in [3.8, 4) is 5.75 Å². The van der Waals surface area contributed by atoms with Crippen LogP contribution < -0.4 is 4.74 Å². The van der Waals surface area contributed by atoms with Gasteiger partial charge in [0.2, 0.25) is 0 Å². The third-order valence-corrected chi connectivity index (χ3v) is 6.24. The average Bonchev–Trinajstić information content (AvgIpc) is 3.53. The summed E-state index contributed by atoms with van der Waals surface area (Å²) in [6.07, 6.45) is 3.90. The Kier molecular flexibility index (Phi) is 7.05. The Balaban J connectivity index is 1.52. The van der Waals surface area contributed by atoms with Crippen LogP contribution in [0.5, 0.6) is 5.75 Å². The van der Waals surface area contributed by atoms with Gasteiger partial charge in [-0.3, -0.25) is 4.79 Å². The number of nitrogens with zero attached hydrogens (tertiary/aromatic N) is 2. The monoisotopic (exact) mass is 484 g/mol. The predicted octanol–water partition coefficient (Wildman–Crippen LogP) is 5.20. The fraction of sp³-hybridized carbons (Fsp3) is 0.208. The second kappa shape index (κ2) is 10.1. The van der Waals surface area contributed by atoms with Crippen molar-refractivity contribution >= 4 is 41.0 Å². The number of carbonyl (C=O) groups is 2. The Morgan fingerprint density at radius 3 is 2.67 bits per heavy atom. The Morgan fingerprint density at radius 1 is 1.21 bits per heavy atom. The smallest absolute Gasteiger partial charge is 0.340 e. The van der Waals surface area contributed by atoms with Gasteiger partial charge in [-0.05, 0) is 66.4 Å². The highest BCUT2D eigenvalue weighted by atomic mass is 35.5. The second-order valence-corrected chi connectivity index (χ2v) is 8.46. The number of hydrogen-bond acceptors (Lipinski definition) is 7. The molecule has 170 valence electrons. The molecular weight excluding hydrogens is 464 g/mol. The van der Waals surface area contributed by atoms with Crippen molar-refractivity contribution in [2.24, 2.45) is 5.10 Å². The van der Waals surface area contributed by atoms with Crippen LogP contribution >= 0.6 is 23.4 Å². The Hall–Kier alpha value is -3.23. The molecule has 0 N–H and O–H groups in total. The maximum atomic E-state index is 13.0. The van der Waals surface area contributed by atoms with E-state index in [0.29, 0.717) is 12.2 Å². The molecule has 0 radical (unpaired) electrons. The van der Waals surface area contributed by atoms with E-state index in [2.05, 4.69) is 5.10 Å². The van der Waals surface area contributed by atoms with Crippen molar-refractivity contribution in [1.82, 2.24) is 5.01 Å². The standard InChI is InChI=1S/C24H21ClN2O5S/c1-30-16-7-5-15(6-8-16)20-13-21(22-4-3-11-31-22)27(26-20)23(28)14-32-24(29)18-12-17(33-2)9-10-19(18)25/h3-12,21H,13-14H2,1-2H3. The quantitative estimate of drug-likeness (QED) is 0.339. The number of carbonyl (C=O) groups excluding carboxylic acids is 2. The molecule has 9 heteroatoms. The summed E-state index contributed by atoms with van der Waals surface area (Å²) >= 11 is 7.62. The van der Waals surface area contributed by atoms with Crippen LogP contribution in [0.4, 0.5) is 0 Å². The van der Waals surface area contributed by atoms with Crippen LogP contribution in [0.3, 0.4) is 0 Å². The number of halogens is 1. The zero-order valence-corrected chi connectivity index (χ0v) is 19.6. The van der Waals surface area contributed by atoms with Gasteiger partial charge in [0.05, 0.1) is 29.7 Å². The van der Waals surface area contributed by atoms with Crippen LogP contribution in [-0.2, 0) is 9.53 Å². The summed E-state index contributed by atoms with van der Waals surface area (Å²) in [5.41, 5.74) is 1.79. The van der Waals surface area contributed by atoms with Gasteiger partial charge in [0.1, 0.15) is 17.6 Å². The molecule has 33 heavy (non-hydrogen) atoms. The molecule has 3 aromatic rings. The van der Waals surface area contributed by atoms with E-state index in [1.807, 2.05) is 36.6 Å². The SMILES string of the molecule is COc1ccc(C2=NN(C(=O)COC(=O)c3cc(SC)ccc3Cl)C(c3ccco3)C2)cc1. The lowest BCUT2D eigenvalue weighted by atomic mass is 10.0. The first-order chi connectivity index (χ1) is 16.0. The third kappa shape index (κ3) is 5.07. The molecule has 1 aliphatic rings. The van der Waals surface area contributed by atoms with Gasteiger partial charge in [0.15, 0.2) is 6.61 Å². The number of hydrogen-bond donors (Lipinski definition) is 0. The molecule has 2 heterocycles. The highest BCUT2D eigenvalue weighted by Gasteiger charge is 2.35. The zero-order chi connectivity index (χ0) is 23.4. The molecule has 0 saturated carbocycles. The van der Waals surface area contributed by atoms with E-state index in [-0.39, 0.29) is 10.6 Å². The first-order valence-electron chi connectivity index (χ1n) is 10.1. The van der Waals surface area contributed by atoms with Crippen LogP contribution in [0.25, 0.3) is 0 Å². The molecule has 0 saturated heterocycles. The highest BCUT2D eigenvalue weighted by Crippen LogP contribution is 2.33. The zero-order valence-electron chi connectivity index (χ0n) is 18.0. The van der Waals surface area contributed by atoms with E-state index in [9.17, 15) is 9.59 Å². The van der Waals surface area contributed by atoms with Gasteiger partial charge in [-0.25, -0.2) is 9.80 Å². The molecule has 0 spiro atoms. The van der Waals surface area contributed by atoms with E-state index in [4.69, 9.17) is 25.5 Å². The maximum Gasteiger partial charge on any atom is 0.340 e. The summed E-state index contributed by atoms with van der Waals surface area (Å²) in [5.74, 6) is 0.185. The number of hydrazone groups is 1. The molecule has 2 aromatic carbocycles. The van der Waals surface area contributed by atoms with Gasteiger partial charge >= 0.3 is 5.97 Å². The van der Waals surface area contributed by atoms with Gasteiger partial charge < -0.3 is 13.9 Å². The van der Waals surface area contributed by atoms with Crippen LogP contribution in [-0.4, -0.2) is 42.6 Å². The minimum absolute atomic E-state index is 0.211. The molecule has 0 fully saturated rings. The number of amides is 1. The van der Waals surface area contributed by atoms with Gasteiger partial charge in [0.25, 0.3) is 5.91 Å². The molecule has 7 nitrogen and oxygen atoms in total. The van der Waals surface area contributed by atoms with E-state index in [0.717, 1.165) is 21.9 Å². The summed E-state index contributed by atoms with van der Waals surface area (Å²) in [7, 11) is 1.60. The predicted molar refractivity (Wildman–Crippen MR) is 126 cm³/mol. The van der Waals surface area contributed by atoms with Gasteiger partial charge in [0, 0.05) is 11.3 Å². The summed E-state index contributed by atoms with van der Waals surface area (Å²) in [5, 5.41) is 6.10. The lowest BCUT2D eigenvalue weighted by Gasteiger charge is -2.19. The number of furan rings is 1. The second-order valence-electron chi connectivity index (χ2n) is 7.17. The first-order valence-corrected chi connectivity index (χ1v) is 11.7. The lowest BCUT2D eigenvalue weighted by Crippen LogP contribution is -2.31. The van der Waals surface area contributed by atoms with Crippen molar-refractivity contribution in [2.75, 3.05) is 20.0 Å². The molecule has 1 aliphatic heterocycles. The van der Waals surface area contributed by atoms with E-state index < -0.39 is 24.5 Å². The molecule has 4 rings (SSSR count). The van der Waals surface area contributed by atoms with Crippen molar-refractivity contribution in [3.63, 3.8) is 0 Å². The van der Waals surface area contributed by atoms with Crippen LogP contribution in [0.2, 0.25) is 5.02 Å². The minimum Gasteiger partial charge on any atom is -0.497 e. The number of benzene rings is 2. The molecule has 0 bridgehead atoms. The fourth-order valence-corrected chi connectivity index (χ4v) is 4.09. The van der Waals surface area contributed by atoms with Gasteiger partial charge in [-0.15, -0.1) is 11.8 Å². The van der Waals surface area contributed by atoms with Crippen molar-refractivity contribution < 1.29 is 23.5 Å². The summed E-state index contributed by atoms with van der Waals surface area (Å²) < 4.78 is 16.0. The van der Waals surface area contributed by atoms with E-state index in [1.54, 1.807) is 37.6 Å². The molecule has 0 aliphatic carbocycles. The molecule has 1 atom stereocenters. The summed E-state index contributed by atoms with van der Waals surface area (Å²) in [6, 6.07) is 15.6. The first kappa shape index (κ1) is 22.9. The van der Waals surface area contributed by atoms with Gasteiger partial charge in [-0.1, -0.05) is 11.6 Å². The Labute approximate surface area is 200 Å². The van der Waals surface area contributed by atoms with Crippen LogP contribution in [0.15, 0.2) is 75.3 Å². The van der Waals surface area contributed by atoms with Gasteiger partial charge in [-0.2, -0.15) is 5.10 Å².